The van der Waals surface area contributed by atoms with E-state index in [-0.39, 0.29) is 0 Å². The normalized spacial score (nSPS) is 25.6. The molecule has 72 valence electrons. The zero-order valence-corrected chi connectivity index (χ0v) is 8.98. The van der Waals surface area contributed by atoms with Crippen molar-refractivity contribution < 1.29 is 0 Å². The van der Waals surface area contributed by atoms with Crippen LogP contribution in [0.25, 0.3) is 10.2 Å². The number of thiophene rings is 1. The molecule has 2 nitrogen and oxygen atoms in total. The number of hydrogen-bond donors (Lipinski definition) is 1. The molecule has 2 aromatic heterocycles. The monoisotopic (exact) mass is 224 g/mol. The second-order valence-corrected chi connectivity index (χ2v) is 5.17. The summed E-state index contributed by atoms with van der Waals surface area (Å²) >= 11 is 7.60. The first kappa shape index (κ1) is 8.65. The van der Waals surface area contributed by atoms with Crippen LogP contribution in [0, 0.1) is 0 Å². The van der Waals surface area contributed by atoms with Crippen molar-refractivity contribution in [3.8, 4) is 0 Å². The minimum atomic E-state index is 0.360. The standard InChI is InChI=1S/C10H9ClN2S/c11-10-2-1-8-7(13-10)4-9(14-8)5-3-6(5)12/h1-2,4-6H,3,12H2/t5-,6-/m1/s1. The van der Waals surface area contributed by atoms with Gasteiger partial charge in [-0.15, -0.1) is 11.3 Å². The van der Waals surface area contributed by atoms with Gasteiger partial charge in [0.25, 0.3) is 0 Å². The Labute approximate surface area is 90.7 Å². The van der Waals surface area contributed by atoms with Crippen LogP contribution in [0.5, 0.6) is 0 Å². The van der Waals surface area contributed by atoms with E-state index in [1.807, 2.05) is 12.1 Å². The predicted molar refractivity (Wildman–Crippen MR) is 60.0 cm³/mol. The summed E-state index contributed by atoms with van der Waals surface area (Å²) in [4.78, 5) is 5.62. The van der Waals surface area contributed by atoms with Crippen LogP contribution in [-0.2, 0) is 0 Å². The molecule has 1 saturated carbocycles. The molecule has 2 aromatic rings. The number of aromatic nitrogens is 1. The molecule has 0 bridgehead atoms. The van der Waals surface area contributed by atoms with Crippen LogP contribution in [-0.4, -0.2) is 11.0 Å². The molecule has 3 rings (SSSR count). The lowest BCUT2D eigenvalue weighted by Crippen LogP contribution is -1.99. The zero-order valence-electron chi connectivity index (χ0n) is 7.40. The molecule has 2 N–H and O–H groups in total. The van der Waals surface area contributed by atoms with Gasteiger partial charge >= 0.3 is 0 Å². The van der Waals surface area contributed by atoms with E-state index in [0.717, 1.165) is 11.9 Å². The molecule has 0 aromatic carbocycles. The first-order chi connectivity index (χ1) is 6.74. The number of rotatable bonds is 1. The first-order valence-corrected chi connectivity index (χ1v) is 5.75. The lowest BCUT2D eigenvalue weighted by Gasteiger charge is -1.87. The number of hydrogen-bond acceptors (Lipinski definition) is 3. The Morgan fingerprint density at radius 1 is 1.50 bits per heavy atom. The van der Waals surface area contributed by atoms with Crippen molar-refractivity contribution in [2.45, 2.75) is 18.4 Å². The maximum absolute atomic E-state index is 5.82. The lowest BCUT2D eigenvalue weighted by atomic mass is 10.3. The smallest absolute Gasteiger partial charge is 0.129 e. The second-order valence-electron chi connectivity index (χ2n) is 3.67. The SMILES string of the molecule is N[C@@H]1C[C@H]1c1cc2nc(Cl)ccc2s1. The summed E-state index contributed by atoms with van der Waals surface area (Å²) in [7, 11) is 0. The molecule has 14 heavy (non-hydrogen) atoms. The van der Waals surface area contributed by atoms with Crippen molar-refractivity contribution in [2.75, 3.05) is 0 Å². The predicted octanol–water partition coefficient (Wildman–Crippen LogP) is 2.76. The van der Waals surface area contributed by atoms with E-state index in [1.165, 1.54) is 9.58 Å². The van der Waals surface area contributed by atoms with Crippen LogP contribution < -0.4 is 5.73 Å². The van der Waals surface area contributed by atoms with E-state index >= 15 is 0 Å². The summed E-state index contributed by atoms with van der Waals surface area (Å²) in [5, 5.41) is 0.557. The van der Waals surface area contributed by atoms with Crippen LogP contribution in [0.2, 0.25) is 5.15 Å². The van der Waals surface area contributed by atoms with Crippen molar-refractivity contribution in [2.24, 2.45) is 5.73 Å². The molecule has 1 fully saturated rings. The Morgan fingerprint density at radius 2 is 2.29 bits per heavy atom. The fraction of sp³-hybridized carbons (Fsp3) is 0.300. The van der Waals surface area contributed by atoms with Crippen molar-refractivity contribution in [3.63, 3.8) is 0 Å². The summed E-state index contributed by atoms with van der Waals surface area (Å²) < 4.78 is 1.20. The van der Waals surface area contributed by atoms with E-state index < -0.39 is 0 Å². The van der Waals surface area contributed by atoms with Crippen LogP contribution >= 0.6 is 22.9 Å². The van der Waals surface area contributed by atoms with Gasteiger partial charge in [0, 0.05) is 16.8 Å². The Bertz CT molecular complexity index is 494. The summed E-state index contributed by atoms with van der Waals surface area (Å²) in [5.74, 6) is 0.563. The maximum Gasteiger partial charge on any atom is 0.129 e. The maximum atomic E-state index is 5.82. The van der Waals surface area contributed by atoms with Gasteiger partial charge in [-0.05, 0) is 24.6 Å². The molecule has 2 heterocycles. The first-order valence-electron chi connectivity index (χ1n) is 4.55. The summed E-state index contributed by atoms with van der Waals surface area (Å²) in [5.41, 5.74) is 6.81. The summed E-state index contributed by atoms with van der Waals surface area (Å²) in [6, 6.07) is 6.33. The van der Waals surface area contributed by atoms with Crippen LogP contribution in [0.3, 0.4) is 0 Å². The van der Waals surface area contributed by atoms with Gasteiger partial charge in [-0.2, -0.15) is 0 Å². The number of pyridine rings is 1. The average Bonchev–Trinajstić information content (AvgIpc) is 2.75. The molecule has 0 radical (unpaired) electrons. The van der Waals surface area contributed by atoms with Gasteiger partial charge in [0.05, 0.1) is 10.2 Å². The molecule has 0 saturated heterocycles. The van der Waals surface area contributed by atoms with E-state index in [4.69, 9.17) is 17.3 Å². The Hall–Kier alpha value is -0.640. The van der Waals surface area contributed by atoms with E-state index in [9.17, 15) is 0 Å². The van der Waals surface area contributed by atoms with Gasteiger partial charge in [0.1, 0.15) is 5.15 Å². The van der Waals surface area contributed by atoms with E-state index in [2.05, 4.69) is 11.1 Å². The van der Waals surface area contributed by atoms with Gasteiger partial charge in [-0.1, -0.05) is 11.6 Å². The largest absolute Gasteiger partial charge is 0.327 e. The average molecular weight is 225 g/mol. The molecule has 0 spiro atoms. The Kier molecular flexibility index (Phi) is 1.81. The lowest BCUT2D eigenvalue weighted by molar-refractivity contribution is 1.01. The minimum absolute atomic E-state index is 0.360. The van der Waals surface area contributed by atoms with Crippen LogP contribution in [0.1, 0.15) is 17.2 Å². The van der Waals surface area contributed by atoms with Gasteiger partial charge < -0.3 is 5.73 Å². The number of fused-ring (bicyclic) bond motifs is 1. The molecule has 4 heteroatoms. The number of nitrogens with two attached hydrogens (primary N) is 1. The molecular formula is C10H9ClN2S. The fourth-order valence-electron chi connectivity index (χ4n) is 1.64. The molecule has 1 aliphatic rings. The number of halogens is 1. The van der Waals surface area contributed by atoms with E-state index in [1.54, 1.807) is 11.3 Å². The van der Waals surface area contributed by atoms with Crippen LogP contribution in [0.4, 0.5) is 0 Å². The molecule has 1 aliphatic carbocycles. The van der Waals surface area contributed by atoms with Crippen molar-refractivity contribution in [3.05, 3.63) is 28.2 Å². The van der Waals surface area contributed by atoms with Crippen LogP contribution in [0.15, 0.2) is 18.2 Å². The Morgan fingerprint density at radius 3 is 3.00 bits per heavy atom. The van der Waals surface area contributed by atoms with E-state index in [0.29, 0.717) is 17.1 Å². The highest BCUT2D eigenvalue weighted by atomic mass is 35.5. The zero-order chi connectivity index (χ0) is 9.71. The fourth-order valence-corrected chi connectivity index (χ4v) is 2.99. The molecule has 0 aliphatic heterocycles. The quantitative estimate of drug-likeness (QED) is 0.757. The van der Waals surface area contributed by atoms with Gasteiger partial charge in [-0.3, -0.25) is 0 Å². The molecular weight excluding hydrogens is 216 g/mol. The molecule has 0 unspecified atom stereocenters. The molecule has 2 atom stereocenters. The highest BCUT2D eigenvalue weighted by molar-refractivity contribution is 7.19. The Balaban J connectivity index is 2.11. The summed E-state index contributed by atoms with van der Waals surface area (Å²) in [6.07, 6.45) is 1.11. The van der Waals surface area contributed by atoms with Crippen molar-refractivity contribution >= 4 is 33.2 Å². The van der Waals surface area contributed by atoms with Crippen molar-refractivity contribution in [1.29, 1.82) is 0 Å². The van der Waals surface area contributed by atoms with Gasteiger partial charge in [-0.25, -0.2) is 4.98 Å². The topological polar surface area (TPSA) is 38.9 Å². The number of nitrogens with zero attached hydrogens (tertiary/aromatic N) is 1. The third kappa shape index (κ3) is 1.32. The second kappa shape index (κ2) is 2.92. The highest BCUT2D eigenvalue weighted by Gasteiger charge is 2.36. The molecule has 0 amide bonds. The third-order valence-electron chi connectivity index (χ3n) is 2.56. The third-order valence-corrected chi connectivity index (χ3v) is 4.00. The summed E-state index contributed by atoms with van der Waals surface area (Å²) in [6.45, 7) is 0. The van der Waals surface area contributed by atoms with Crippen molar-refractivity contribution in [1.82, 2.24) is 4.98 Å². The highest BCUT2D eigenvalue weighted by Crippen LogP contribution is 2.43. The van der Waals surface area contributed by atoms with Gasteiger partial charge in [0.15, 0.2) is 0 Å². The van der Waals surface area contributed by atoms with Gasteiger partial charge in [0.2, 0.25) is 0 Å². The minimum Gasteiger partial charge on any atom is -0.327 e.